The van der Waals surface area contributed by atoms with E-state index in [0.717, 1.165) is 24.0 Å². The fourth-order valence-electron chi connectivity index (χ4n) is 0.854. The van der Waals surface area contributed by atoms with Crippen molar-refractivity contribution in [3.05, 3.63) is 0 Å². The maximum atomic E-state index is 4.39. The molecule has 0 aliphatic rings. The van der Waals surface area contributed by atoms with Crippen molar-refractivity contribution in [3.63, 3.8) is 0 Å². The summed E-state index contributed by atoms with van der Waals surface area (Å²) in [5, 5.41) is 3.38. The van der Waals surface area contributed by atoms with Crippen LogP contribution in [-0.4, -0.2) is 45.7 Å². The molecule has 0 aliphatic carbocycles. The number of hydrogen-bond donors (Lipinski definition) is 1. The Morgan fingerprint density at radius 2 is 1.50 bits per heavy atom. The molecule has 0 aliphatic heterocycles. The van der Waals surface area contributed by atoms with Crippen LogP contribution >= 0.6 is 0 Å². The van der Waals surface area contributed by atoms with Crippen molar-refractivity contribution >= 4 is 46.4 Å². The van der Waals surface area contributed by atoms with Crippen LogP contribution in [0.3, 0.4) is 0 Å². The molecular weight excluding hydrogens is 341 g/mol. The minimum atomic E-state index is 0.0654. The Morgan fingerprint density at radius 3 is 1.81 bits per heavy atom. The van der Waals surface area contributed by atoms with Crippen molar-refractivity contribution in [2.75, 3.05) is 24.6 Å². The van der Waals surface area contributed by atoms with E-state index in [-0.39, 0.29) is 21.1 Å². The van der Waals surface area contributed by atoms with Gasteiger partial charge in [0.25, 0.3) is 0 Å². The molecule has 0 saturated heterocycles. The first-order valence-corrected chi connectivity index (χ1v) is 11.4. The zero-order valence-corrected chi connectivity index (χ0v) is 16.1. The summed E-state index contributed by atoms with van der Waals surface area (Å²) in [4.78, 5) is 0. The van der Waals surface area contributed by atoms with Gasteiger partial charge in [-0.25, -0.2) is 0 Å². The van der Waals surface area contributed by atoms with E-state index >= 15 is 0 Å². The molecule has 4 heteroatoms. The maximum Gasteiger partial charge on any atom is -0.0874 e. The average Bonchev–Trinajstić information content (AvgIpc) is 2.25. The van der Waals surface area contributed by atoms with Crippen LogP contribution in [0.25, 0.3) is 0 Å². The average molecular weight is 370 g/mol. The molecule has 1 nitrogen and oxygen atoms in total. The number of nitrogens with one attached hydrogen (secondary N) is 1. The topological polar surface area (TPSA) is 12.0 Å². The zero-order valence-electron chi connectivity index (χ0n) is 11.6. The molecule has 1 unspecified atom stereocenters. The van der Waals surface area contributed by atoms with Gasteiger partial charge >= 0.3 is 75.1 Å². The minimum absolute atomic E-state index is 0.0654. The Bertz CT molecular complexity index is 85.1. The molecule has 16 heavy (non-hydrogen) atoms. The van der Waals surface area contributed by atoms with E-state index in [9.17, 15) is 0 Å². The van der Waals surface area contributed by atoms with E-state index in [2.05, 4.69) is 51.3 Å². The first kappa shape index (κ1) is 22.6. The first-order chi connectivity index (χ1) is 7.64. The molecule has 0 bridgehead atoms. The third kappa shape index (κ3) is 36.1. The van der Waals surface area contributed by atoms with E-state index in [1.54, 1.807) is 4.44 Å². The van der Waals surface area contributed by atoms with Crippen LogP contribution in [0, 0.1) is 5.92 Å². The predicted octanol–water partition coefficient (Wildman–Crippen LogP) is 2.90. The van der Waals surface area contributed by atoms with E-state index in [4.69, 9.17) is 0 Å². The molecule has 0 aromatic carbocycles. The second-order valence-corrected chi connectivity index (χ2v) is 9.06. The van der Waals surface area contributed by atoms with Gasteiger partial charge in [-0.1, -0.05) is 13.8 Å². The largest absolute Gasteiger partial charge is 0.793 e. The van der Waals surface area contributed by atoms with Crippen LogP contribution in [0.15, 0.2) is 0 Å². The summed E-state index contributed by atoms with van der Waals surface area (Å²) < 4.78 is 3.05. The SMILES string of the molecule is CCNCC(C)[CH2][Sn+2][CH2]C.CC[S-].CC[S-]. The Balaban J connectivity index is -0.000000235. The molecule has 0 fully saturated rings. The molecule has 1 N–H and O–H groups in total. The van der Waals surface area contributed by atoms with E-state index in [1.165, 1.54) is 11.0 Å². The Morgan fingerprint density at radius 1 is 1.06 bits per heavy atom. The minimum Gasteiger partial charge on any atom is -0.793 e. The van der Waals surface area contributed by atoms with Crippen LogP contribution in [0.1, 0.15) is 34.6 Å². The third-order valence-corrected chi connectivity index (χ3v) is 5.73. The van der Waals surface area contributed by atoms with Crippen molar-refractivity contribution in [3.8, 4) is 0 Å². The summed E-state index contributed by atoms with van der Waals surface area (Å²) in [7, 11) is 0. The van der Waals surface area contributed by atoms with Gasteiger partial charge in [0.05, 0.1) is 0 Å². The van der Waals surface area contributed by atoms with Crippen molar-refractivity contribution in [1.29, 1.82) is 0 Å². The summed E-state index contributed by atoms with van der Waals surface area (Å²) in [5.41, 5.74) is 0. The molecule has 0 aromatic heterocycles. The van der Waals surface area contributed by atoms with Crippen LogP contribution in [-0.2, 0) is 25.3 Å². The van der Waals surface area contributed by atoms with Gasteiger partial charge in [-0.3, -0.25) is 0 Å². The standard InChI is InChI=1S/C6H14N.2C2H6S.C2H5.Sn/c1-4-7-5-6(2)3;2*1-2-3;1-2;/h6-7H,2,4-5H2,1,3H3;2*3H,2H2,1H3;1H2,2H3;/q;;;;+2/p-2. The van der Waals surface area contributed by atoms with Gasteiger partial charge < -0.3 is 25.3 Å². The van der Waals surface area contributed by atoms with Gasteiger partial charge in [-0.2, -0.15) is 11.5 Å². The summed E-state index contributed by atoms with van der Waals surface area (Å²) >= 11 is 8.85. The molecule has 0 spiro atoms. The fraction of sp³-hybridized carbons (Fsp3) is 1.00. The zero-order chi connectivity index (χ0) is 13.2. The summed E-state index contributed by atoms with van der Waals surface area (Å²) in [6.07, 6.45) is 0. The Labute approximate surface area is 125 Å². The molecule has 0 rings (SSSR count). The van der Waals surface area contributed by atoms with Crippen LogP contribution in [0.4, 0.5) is 0 Å². The molecule has 1 atom stereocenters. The van der Waals surface area contributed by atoms with Crippen LogP contribution in [0.5, 0.6) is 0 Å². The van der Waals surface area contributed by atoms with Gasteiger partial charge in [0.2, 0.25) is 0 Å². The van der Waals surface area contributed by atoms with Crippen molar-refractivity contribution in [2.24, 2.45) is 5.92 Å². The second kappa shape index (κ2) is 25.3. The molecule has 98 valence electrons. The van der Waals surface area contributed by atoms with Crippen LogP contribution < -0.4 is 5.32 Å². The van der Waals surface area contributed by atoms with E-state index < -0.39 is 0 Å². The molecule has 0 heterocycles. The molecule has 0 saturated carbocycles. The van der Waals surface area contributed by atoms with Gasteiger partial charge in [-0.15, -0.1) is 0 Å². The van der Waals surface area contributed by atoms with Gasteiger partial charge in [0.1, 0.15) is 0 Å². The molecular formula is C12H29NS2Sn. The fourth-order valence-corrected chi connectivity index (χ4v) is 3.50. The first-order valence-electron chi connectivity index (χ1n) is 6.21. The molecule has 0 radical (unpaired) electrons. The number of hydrogen-bond acceptors (Lipinski definition) is 3. The van der Waals surface area contributed by atoms with E-state index in [1.807, 2.05) is 13.8 Å². The van der Waals surface area contributed by atoms with Crippen molar-refractivity contribution in [1.82, 2.24) is 5.32 Å². The maximum absolute atomic E-state index is 4.39. The Kier molecular flexibility index (Phi) is 35.8. The normalized spacial score (nSPS) is 10.2. The summed E-state index contributed by atoms with van der Waals surface area (Å²) in [6.45, 7) is 13.1. The van der Waals surface area contributed by atoms with Gasteiger partial charge in [0.15, 0.2) is 0 Å². The monoisotopic (exact) mass is 371 g/mol. The predicted molar refractivity (Wildman–Crippen MR) is 84.6 cm³/mol. The van der Waals surface area contributed by atoms with E-state index in [0.29, 0.717) is 0 Å². The quantitative estimate of drug-likeness (QED) is 0.571. The summed E-state index contributed by atoms with van der Waals surface area (Å²) in [5.74, 6) is 2.60. The van der Waals surface area contributed by atoms with Gasteiger partial charge in [-0.05, 0) is 0 Å². The smallest absolute Gasteiger partial charge is 0.0874 e. The number of rotatable bonds is 6. The molecule has 0 aromatic rings. The van der Waals surface area contributed by atoms with Crippen molar-refractivity contribution in [2.45, 2.75) is 43.5 Å². The van der Waals surface area contributed by atoms with Crippen LogP contribution in [0.2, 0.25) is 8.87 Å². The third-order valence-electron chi connectivity index (χ3n) is 1.49. The summed E-state index contributed by atoms with van der Waals surface area (Å²) in [6, 6.07) is 0. The van der Waals surface area contributed by atoms with Crippen molar-refractivity contribution < 1.29 is 0 Å². The van der Waals surface area contributed by atoms with Gasteiger partial charge in [0, 0.05) is 0 Å². The second-order valence-electron chi connectivity index (χ2n) is 3.30. The molecule has 0 amide bonds. The Hall–Kier alpha value is 1.46.